The molecule has 0 fully saturated rings. The van der Waals surface area contributed by atoms with Gasteiger partial charge in [0.05, 0.1) is 5.69 Å². The Morgan fingerprint density at radius 1 is 1.36 bits per heavy atom. The molecule has 70 valence electrons. The molecule has 1 N–H and O–H groups in total. The van der Waals surface area contributed by atoms with Crippen LogP contribution in [0.5, 0.6) is 0 Å². The molecule has 0 amide bonds. The molecular weight excluding hydrogens is 176 g/mol. The maximum absolute atomic E-state index is 8.63. The van der Waals surface area contributed by atoms with E-state index in [0.29, 0.717) is 5.69 Å². The summed E-state index contributed by atoms with van der Waals surface area (Å²) in [5.74, 6) is 0. The monoisotopic (exact) mass is 186 g/mol. The molecule has 0 heterocycles. The van der Waals surface area contributed by atoms with Crippen LogP contribution in [0.3, 0.4) is 0 Å². The quantitative estimate of drug-likeness (QED) is 0.578. The van der Waals surface area contributed by atoms with E-state index in [1.165, 1.54) is 0 Å². The van der Waals surface area contributed by atoms with Gasteiger partial charge < -0.3 is 5.32 Å². The van der Waals surface area contributed by atoms with Crippen LogP contribution in [0, 0.1) is 22.9 Å². The molecule has 4 heteroatoms. The van der Waals surface area contributed by atoms with Gasteiger partial charge in [-0.05, 0) is 25.1 Å². The summed E-state index contributed by atoms with van der Waals surface area (Å²) in [7, 11) is 0. The van der Waals surface area contributed by atoms with Crippen LogP contribution in [0.4, 0.5) is 11.4 Å². The van der Waals surface area contributed by atoms with Crippen LogP contribution in [0.2, 0.25) is 0 Å². The van der Waals surface area contributed by atoms with Crippen molar-refractivity contribution < 1.29 is 0 Å². The second-order valence-electron chi connectivity index (χ2n) is 2.62. The zero-order chi connectivity index (χ0) is 10.4. The van der Waals surface area contributed by atoms with Crippen LogP contribution in [0.25, 0.3) is 0 Å². The Hall–Kier alpha value is -2.20. The minimum absolute atomic E-state index is 0.577. The molecule has 0 bridgehead atoms. The summed E-state index contributed by atoms with van der Waals surface area (Å²) >= 11 is 0. The van der Waals surface area contributed by atoms with Gasteiger partial charge in [0.1, 0.15) is 0 Å². The number of hydrogen-bond donors (Lipinski definition) is 1. The van der Waals surface area contributed by atoms with Gasteiger partial charge in [-0.1, -0.05) is 6.07 Å². The van der Waals surface area contributed by atoms with E-state index in [1.807, 2.05) is 13.0 Å². The average molecular weight is 186 g/mol. The summed E-state index contributed by atoms with van der Waals surface area (Å²) in [5.41, 5.74) is 1.48. The van der Waals surface area contributed by atoms with Crippen molar-refractivity contribution in [3.8, 4) is 12.4 Å². The van der Waals surface area contributed by atoms with E-state index in [2.05, 4.69) is 5.32 Å². The minimum Gasteiger partial charge on any atom is -0.385 e. The molecule has 0 aromatic heterocycles. The molecule has 0 unspecified atom stereocenters. The van der Waals surface area contributed by atoms with Gasteiger partial charge in [0.15, 0.2) is 12.4 Å². The first kappa shape index (κ1) is 9.88. The van der Waals surface area contributed by atoms with E-state index in [4.69, 9.17) is 10.5 Å². The molecule has 0 aliphatic rings. The van der Waals surface area contributed by atoms with Crippen LogP contribution in [-0.4, -0.2) is 6.54 Å². The first-order valence-corrected chi connectivity index (χ1v) is 4.25. The Bertz CT molecular complexity index is 372. The van der Waals surface area contributed by atoms with Gasteiger partial charge in [0, 0.05) is 12.2 Å². The number of anilines is 2. The van der Waals surface area contributed by atoms with Crippen molar-refractivity contribution in [2.24, 2.45) is 0 Å². The van der Waals surface area contributed by atoms with Crippen LogP contribution < -0.4 is 10.2 Å². The standard InChI is InChI=1S/C10H10N4/c1-2-13-9-4-3-5-10(6-9)14(7-11)8-12/h3-6,13H,2H2,1H3. The van der Waals surface area contributed by atoms with Crippen molar-refractivity contribution in [1.82, 2.24) is 0 Å². The van der Waals surface area contributed by atoms with Gasteiger partial charge in [0.25, 0.3) is 0 Å². The van der Waals surface area contributed by atoms with Crippen LogP contribution in [0.15, 0.2) is 24.3 Å². The van der Waals surface area contributed by atoms with Crippen molar-refractivity contribution in [2.75, 3.05) is 16.8 Å². The van der Waals surface area contributed by atoms with Crippen molar-refractivity contribution in [1.29, 1.82) is 10.5 Å². The molecule has 0 aliphatic carbocycles. The molecule has 14 heavy (non-hydrogen) atoms. The highest BCUT2D eigenvalue weighted by Crippen LogP contribution is 2.17. The molecule has 0 aliphatic heterocycles. The number of nitrogens with one attached hydrogen (secondary N) is 1. The first-order chi connectivity index (χ1) is 6.81. The van der Waals surface area contributed by atoms with E-state index >= 15 is 0 Å². The normalized spacial score (nSPS) is 8.50. The molecular formula is C10H10N4. The molecule has 1 rings (SSSR count). The lowest BCUT2D eigenvalue weighted by atomic mass is 10.2. The minimum atomic E-state index is 0.577. The number of nitrogens with zero attached hydrogens (tertiary/aromatic N) is 3. The maximum atomic E-state index is 8.63. The number of rotatable bonds is 3. The number of hydrogen-bond acceptors (Lipinski definition) is 4. The lowest BCUT2D eigenvalue weighted by Gasteiger charge is -2.08. The topological polar surface area (TPSA) is 62.9 Å². The molecule has 0 saturated carbocycles. The third-order valence-electron chi connectivity index (χ3n) is 1.69. The fourth-order valence-corrected chi connectivity index (χ4v) is 1.10. The van der Waals surface area contributed by atoms with Gasteiger partial charge in [-0.15, -0.1) is 0 Å². The van der Waals surface area contributed by atoms with Crippen molar-refractivity contribution in [2.45, 2.75) is 6.92 Å². The fraction of sp³-hybridized carbons (Fsp3) is 0.200. The highest BCUT2D eigenvalue weighted by molar-refractivity contribution is 5.62. The van der Waals surface area contributed by atoms with Crippen molar-refractivity contribution in [3.63, 3.8) is 0 Å². The van der Waals surface area contributed by atoms with Crippen LogP contribution >= 0.6 is 0 Å². The smallest absolute Gasteiger partial charge is 0.198 e. The van der Waals surface area contributed by atoms with Crippen molar-refractivity contribution in [3.05, 3.63) is 24.3 Å². The predicted molar refractivity (Wildman–Crippen MR) is 54.3 cm³/mol. The molecule has 1 aromatic rings. The summed E-state index contributed by atoms with van der Waals surface area (Å²) in [5, 5.41) is 20.4. The first-order valence-electron chi connectivity index (χ1n) is 4.25. The molecule has 1 aromatic carbocycles. The third kappa shape index (κ3) is 2.15. The second kappa shape index (κ2) is 4.74. The SMILES string of the molecule is CCNc1cccc(N(C#N)C#N)c1. The zero-order valence-corrected chi connectivity index (χ0v) is 7.86. The molecule has 0 spiro atoms. The Morgan fingerprint density at radius 3 is 2.64 bits per heavy atom. The highest BCUT2D eigenvalue weighted by Gasteiger charge is 2.03. The van der Waals surface area contributed by atoms with Crippen molar-refractivity contribution >= 4 is 11.4 Å². The lowest BCUT2D eigenvalue weighted by Crippen LogP contribution is -2.07. The highest BCUT2D eigenvalue weighted by atomic mass is 15.1. The Morgan fingerprint density at radius 2 is 2.07 bits per heavy atom. The molecule has 0 saturated heterocycles. The fourth-order valence-electron chi connectivity index (χ4n) is 1.10. The second-order valence-corrected chi connectivity index (χ2v) is 2.62. The summed E-state index contributed by atoms with van der Waals surface area (Å²) in [6.07, 6.45) is 3.56. The summed E-state index contributed by atoms with van der Waals surface area (Å²) in [6.45, 7) is 2.79. The molecule has 4 nitrogen and oxygen atoms in total. The third-order valence-corrected chi connectivity index (χ3v) is 1.69. The van der Waals surface area contributed by atoms with E-state index in [-0.39, 0.29) is 0 Å². The van der Waals surface area contributed by atoms with E-state index in [0.717, 1.165) is 17.1 Å². The van der Waals surface area contributed by atoms with E-state index in [9.17, 15) is 0 Å². The van der Waals surface area contributed by atoms with Crippen LogP contribution in [0.1, 0.15) is 6.92 Å². The predicted octanol–water partition coefficient (Wildman–Crippen LogP) is 1.89. The largest absolute Gasteiger partial charge is 0.385 e. The Kier molecular flexibility index (Phi) is 3.34. The summed E-state index contributed by atoms with van der Waals surface area (Å²) in [6, 6.07) is 7.16. The number of benzene rings is 1. The summed E-state index contributed by atoms with van der Waals surface area (Å²) in [4.78, 5) is 0.959. The van der Waals surface area contributed by atoms with E-state index < -0.39 is 0 Å². The van der Waals surface area contributed by atoms with Gasteiger partial charge >= 0.3 is 0 Å². The maximum Gasteiger partial charge on any atom is 0.198 e. The van der Waals surface area contributed by atoms with Gasteiger partial charge in [0.2, 0.25) is 0 Å². The van der Waals surface area contributed by atoms with Gasteiger partial charge in [-0.25, -0.2) is 0 Å². The molecule has 0 atom stereocenters. The molecule has 0 radical (unpaired) electrons. The Balaban J connectivity index is 2.95. The lowest BCUT2D eigenvalue weighted by molar-refractivity contribution is 1.20. The van der Waals surface area contributed by atoms with Gasteiger partial charge in [-0.3, -0.25) is 0 Å². The van der Waals surface area contributed by atoms with Gasteiger partial charge in [-0.2, -0.15) is 15.4 Å². The van der Waals surface area contributed by atoms with Crippen LogP contribution in [-0.2, 0) is 0 Å². The summed E-state index contributed by atoms with van der Waals surface area (Å²) < 4.78 is 0. The zero-order valence-electron chi connectivity index (χ0n) is 7.86. The van der Waals surface area contributed by atoms with E-state index in [1.54, 1.807) is 30.6 Å². The number of nitriles is 2. The Labute approximate surface area is 83.0 Å². The average Bonchev–Trinajstić information content (AvgIpc) is 2.21.